The number of aromatic hydroxyl groups is 2. The van der Waals surface area contributed by atoms with Crippen LogP contribution in [-0.2, 0) is 4.12 Å². The zero-order chi connectivity index (χ0) is 28.2. The Bertz CT molecular complexity index is 919. The lowest BCUT2D eigenvalue weighted by Gasteiger charge is -2.34. The lowest BCUT2D eigenvalue weighted by atomic mass is 9.85. The van der Waals surface area contributed by atoms with Crippen LogP contribution in [0.4, 0.5) is 0 Å². The van der Waals surface area contributed by atoms with Crippen LogP contribution in [0.5, 0.6) is 11.5 Å². The summed E-state index contributed by atoms with van der Waals surface area (Å²) in [6.45, 7) is 15.9. The molecule has 214 valence electrons. The number of rotatable bonds is 18. The standard InChI is InChI=1S/C33H56O3Si2/c1-8-9-23-37(4,5)36-38(6,7)24-17-15-13-11-10-12-14-16-18-31(29-19-21-32(34)27(2)25-29)30-20-22-33(35)28(3)26-30/h19-22,25-26,31,34-35H,8-18,23-24H2,1-7H3. The van der Waals surface area contributed by atoms with E-state index in [2.05, 4.69) is 57.4 Å². The predicted molar refractivity (Wildman–Crippen MR) is 170 cm³/mol. The topological polar surface area (TPSA) is 49.7 Å². The summed E-state index contributed by atoms with van der Waals surface area (Å²) < 4.78 is 6.76. The van der Waals surface area contributed by atoms with Gasteiger partial charge in [0, 0.05) is 5.92 Å². The Kier molecular flexibility index (Phi) is 13.6. The molecule has 0 saturated carbocycles. The van der Waals surface area contributed by atoms with E-state index >= 15 is 0 Å². The second kappa shape index (κ2) is 15.9. The minimum absolute atomic E-state index is 0.290. The van der Waals surface area contributed by atoms with E-state index < -0.39 is 16.6 Å². The summed E-state index contributed by atoms with van der Waals surface area (Å²) in [7, 11) is -3.00. The molecule has 0 amide bonds. The van der Waals surface area contributed by atoms with Crippen molar-refractivity contribution in [2.75, 3.05) is 0 Å². The first-order valence-corrected chi connectivity index (χ1v) is 21.5. The zero-order valence-corrected chi connectivity index (χ0v) is 27.5. The van der Waals surface area contributed by atoms with Gasteiger partial charge in [0.05, 0.1) is 0 Å². The third-order valence-electron chi connectivity index (χ3n) is 7.95. The molecule has 0 aliphatic carbocycles. The van der Waals surface area contributed by atoms with Gasteiger partial charge in [-0.15, -0.1) is 0 Å². The van der Waals surface area contributed by atoms with E-state index in [1.165, 1.54) is 87.4 Å². The van der Waals surface area contributed by atoms with Crippen LogP contribution >= 0.6 is 0 Å². The second-order valence-corrected chi connectivity index (χ2v) is 21.6. The van der Waals surface area contributed by atoms with Crippen LogP contribution in [0.2, 0.25) is 38.3 Å². The molecule has 2 rings (SSSR count). The molecule has 0 fully saturated rings. The Balaban J connectivity index is 1.70. The molecule has 2 aromatic carbocycles. The summed E-state index contributed by atoms with van der Waals surface area (Å²) in [6, 6.07) is 14.6. The fourth-order valence-corrected chi connectivity index (χ4v) is 14.8. The quantitative estimate of drug-likeness (QED) is 0.142. The van der Waals surface area contributed by atoms with Crippen molar-refractivity contribution in [3.63, 3.8) is 0 Å². The molecule has 0 atom stereocenters. The van der Waals surface area contributed by atoms with Gasteiger partial charge in [0.25, 0.3) is 0 Å². The molecule has 0 aliphatic heterocycles. The highest BCUT2D eigenvalue weighted by molar-refractivity contribution is 6.84. The maximum absolute atomic E-state index is 10.0. The first-order chi connectivity index (χ1) is 17.9. The molecule has 3 nitrogen and oxygen atoms in total. The number of benzene rings is 2. The molecule has 0 saturated heterocycles. The van der Waals surface area contributed by atoms with E-state index in [1.54, 1.807) is 0 Å². The molecule has 2 aromatic rings. The van der Waals surface area contributed by atoms with Crippen LogP contribution in [0.1, 0.15) is 106 Å². The summed E-state index contributed by atoms with van der Waals surface area (Å²) in [4.78, 5) is 0. The lowest BCUT2D eigenvalue weighted by Crippen LogP contribution is -2.44. The number of phenols is 2. The lowest BCUT2D eigenvalue weighted by molar-refractivity contribution is 0.470. The van der Waals surface area contributed by atoms with Gasteiger partial charge in [0.1, 0.15) is 11.5 Å². The molecule has 0 bridgehead atoms. The summed E-state index contributed by atoms with van der Waals surface area (Å²) in [5.41, 5.74) is 4.33. The van der Waals surface area contributed by atoms with Gasteiger partial charge in [-0.1, -0.05) is 95.4 Å². The summed E-state index contributed by atoms with van der Waals surface area (Å²) in [5.74, 6) is 0.995. The minimum Gasteiger partial charge on any atom is -0.508 e. The Labute approximate surface area is 236 Å². The Morgan fingerprint density at radius 3 is 1.50 bits per heavy atom. The van der Waals surface area contributed by atoms with Gasteiger partial charge in [-0.05, 0) is 92.9 Å². The first-order valence-electron chi connectivity index (χ1n) is 15.2. The summed E-state index contributed by atoms with van der Waals surface area (Å²) in [6.07, 6.45) is 14.1. The van der Waals surface area contributed by atoms with Crippen LogP contribution in [0.3, 0.4) is 0 Å². The van der Waals surface area contributed by atoms with Crippen molar-refractivity contribution < 1.29 is 14.3 Å². The van der Waals surface area contributed by atoms with Crippen molar-refractivity contribution in [3.8, 4) is 11.5 Å². The number of unbranched alkanes of at least 4 members (excludes halogenated alkanes) is 8. The molecule has 0 aliphatic rings. The van der Waals surface area contributed by atoms with Gasteiger partial charge in [-0.25, -0.2) is 0 Å². The monoisotopic (exact) mass is 556 g/mol. The van der Waals surface area contributed by atoms with Crippen molar-refractivity contribution >= 4 is 16.6 Å². The van der Waals surface area contributed by atoms with Gasteiger partial charge in [0.2, 0.25) is 0 Å². The van der Waals surface area contributed by atoms with E-state index in [-0.39, 0.29) is 0 Å². The largest absolute Gasteiger partial charge is 0.508 e. The number of hydrogen-bond donors (Lipinski definition) is 2. The maximum Gasteiger partial charge on any atom is 0.173 e. The van der Waals surface area contributed by atoms with Gasteiger partial charge < -0.3 is 14.3 Å². The van der Waals surface area contributed by atoms with E-state index in [9.17, 15) is 10.2 Å². The van der Waals surface area contributed by atoms with Crippen molar-refractivity contribution in [3.05, 3.63) is 58.7 Å². The van der Waals surface area contributed by atoms with Crippen LogP contribution in [0.25, 0.3) is 0 Å². The van der Waals surface area contributed by atoms with Crippen molar-refractivity contribution in [2.24, 2.45) is 0 Å². The Morgan fingerprint density at radius 1 is 0.632 bits per heavy atom. The van der Waals surface area contributed by atoms with Crippen LogP contribution in [-0.4, -0.2) is 26.8 Å². The van der Waals surface area contributed by atoms with Crippen molar-refractivity contribution in [1.82, 2.24) is 0 Å². The highest BCUT2D eigenvalue weighted by atomic mass is 28.4. The minimum atomic E-state index is -1.52. The Hall–Kier alpha value is -1.57. The van der Waals surface area contributed by atoms with E-state index in [1.807, 2.05) is 26.0 Å². The van der Waals surface area contributed by atoms with Crippen LogP contribution < -0.4 is 0 Å². The highest BCUT2D eigenvalue weighted by Crippen LogP contribution is 2.34. The van der Waals surface area contributed by atoms with E-state index in [4.69, 9.17) is 4.12 Å². The van der Waals surface area contributed by atoms with Gasteiger partial charge in [0.15, 0.2) is 16.6 Å². The molecule has 0 aromatic heterocycles. The predicted octanol–water partition coefficient (Wildman–Crippen LogP) is 10.6. The van der Waals surface area contributed by atoms with Crippen LogP contribution in [0.15, 0.2) is 36.4 Å². The third kappa shape index (κ3) is 11.7. The molecular formula is C33H56O3Si2. The molecule has 0 unspecified atom stereocenters. The number of aryl methyl sites for hydroxylation is 2. The van der Waals surface area contributed by atoms with Gasteiger partial charge in [-0.2, -0.15) is 0 Å². The van der Waals surface area contributed by atoms with Gasteiger partial charge >= 0.3 is 0 Å². The Morgan fingerprint density at radius 2 is 1.05 bits per heavy atom. The van der Waals surface area contributed by atoms with E-state index in [0.717, 1.165) is 17.5 Å². The zero-order valence-electron chi connectivity index (χ0n) is 25.5. The third-order valence-corrected chi connectivity index (χ3v) is 15.5. The van der Waals surface area contributed by atoms with Crippen molar-refractivity contribution in [1.29, 1.82) is 0 Å². The smallest absolute Gasteiger partial charge is 0.173 e. The summed E-state index contributed by atoms with van der Waals surface area (Å²) in [5, 5.41) is 20.0. The SMILES string of the molecule is CCCC[Si](C)(C)O[Si](C)(C)CCCCCCCCCCC(c1ccc(O)c(C)c1)c1ccc(O)c(C)c1. The molecular weight excluding hydrogens is 501 g/mol. The molecule has 5 heteroatoms. The van der Waals surface area contributed by atoms with Gasteiger partial charge in [-0.3, -0.25) is 0 Å². The summed E-state index contributed by atoms with van der Waals surface area (Å²) >= 11 is 0. The average Bonchev–Trinajstić information content (AvgIpc) is 2.84. The fraction of sp³-hybridized carbons (Fsp3) is 0.636. The van der Waals surface area contributed by atoms with E-state index in [0.29, 0.717) is 17.4 Å². The highest BCUT2D eigenvalue weighted by Gasteiger charge is 2.31. The van der Waals surface area contributed by atoms with Crippen molar-refractivity contribution in [2.45, 2.75) is 136 Å². The average molecular weight is 557 g/mol. The fourth-order valence-electron chi connectivity index (χ4n) is 5.73. The molecule has 0 radical (unpaired) electrons. The molecule has 0 spiro atoms. The van der Waals surface area contributed by atoms with Crippen LogP contribution in [0, 0.1) is 13.8 Å². The second-order valence-electron chi connectivity index (χ2n) is 12.7. The first kappa shape index (κ1) is 32.6. The number of phenolic OH excluding ortho intramolecular Hbond substituents is 2. The normalized spacial score (nSPS) is 12.4. The maximum atomic E-state index is 10.0. The molecule has 2 N–H and O–H groups in total. The molecule has 38 heavy (non-hydrogen) atoms. The number of hydrogen-bond acceptors (Lipinski definition) is 3. The molecule has 0 heterocycles.